The molecule has 8 heavy (non-hydrogen) atoms. The van der Waals surface area contributed by atoms with Gasteiger partial charge in [0.1, 0.15) is 0 Å². The summed E-state index contributed by atoms with van der Waals surface area (Å²) in [6, 6.07) is 0. The van der Waals surface area contributed by atoms with Crippen molar-refractivity contribution in [3.05, 3.63) is 4.91 Å². The molecular weight excluding hydrogens is 131 g/mol. The van der Waals surface area contributed by atoms with Crippen LogP contribution in [0.15, 0.2) is 5.34 Å². The molecule has 0 radical (unpaired) electrons. The average molecular weight is 132 g/mol. The van der Waals surface area contributed by atoms with Crippen LogP contribution >= 0.6 is 0 Å². The van der Waals surface area contributed by atoms with Crippen LogP contribution in [0, 0.1) is 4.91 Å². The number of hydrogen-bond acceptors (Lipinski definition) is 7. The molecule has 0 aliphatic carbocycles. The van der Waals surface area contributed by atoms with Gasteiger partial charge in [-0.25, -0.2) is 4.94 Å². The first-order valence-electron chi connectivity index (χ1n) is 1.11. The molecule has 0 aliphatic heterocycles. The standard InChI is InChI=1S/H2N2O5.Na/c3-1-5-2-6-7-4;/h2,4H;/q;+1/p-1. The van der Waals surface area contributed by atoms with E-state index in [9.17, 15) is 0 Å². The van der Waals surface area contributed by atoms with Crippen LogP contribution < -0.4 is 40.5 Å². The molecule has 8 heteroatoms. The number of nitrogens with one attached hydrogen (secondary N) is 1. The van der Waals surface area contributed by atoms with Gasteiger partial charge >= 0.3 is 29.6 Å². The van der Waals surface area contributed by atoms with E-state index >= 15 is 0 Å². The minimum atomic E-state index is 0. The van der Waals surface area contributed by atoms with Gasteiger partial charge in [-0.2, -0.15) is 0 Å². The zero-order valence-corrected chi connectivity index (χ0v) is 5.99. The monoisotopic (exact) mass is 132 g/mol. The summed E-state index contributed by atoms with van der Waals surface area (Å²) < 4.78 is 0. The van der Waals surface area contributed by atoms with E-state index in [-0.39, 0.29) is 29.6 Å². The average Bonchev–Trinajstić information content (AvgIpc) is 1.69. The molecule has 0 aliphatic rings. The van der Waals surface area contributed by atoms with Crippen molar-refractivity contribution in [2.75, 3.05) is 0 Å². The molecular formula is HN2NaO5. The molecule has 7 nitrogen and oxygen atoms in total. The summed E-state index contributed by atoms with van der Waals surface area (Å²) in [6.07, 6.45) is 0. The molecule has 0 unspecified atom stereocenters. The predicted molar refractivity (Wildman–Crippen MR) is 12.2 cm³/mol. The molecule has 0 saturated heterocycles. The first-order valence-corrected chi connectivity index (χ1v) is 1.11. The second-order valence-corrected chi connectivity index (χ2v) is 0.401. The van der Waals surface area contributed by atoms with Gasteiger partial charge in [0.25, 0.3) is 0 Å². The Hall–Kier alpha value is 0.240. The minimum absolute atomic E-state index is 0. The molecule has 0 fully saturated rings. The minimum Gasteiger partial charge on any atom is -0.690 e. The van der Waals surface area contributed by atoms with Crippen molar-refractivity contribution in [2.24, 2.45) is 5.34 Å². The van der Waals surface area contributed by atoms with E-state index in [0.29, 0.717) is 0 Å². The second-order valence-electron chi connectivity index (χ2n) is 0.401. The van der Waals surface area contributed by atoms with Crippen molar-refractivity contribution in [3.63, 3.8) is 0 Å². The summed E-state index contributed by atoms with van der Waals surface area (Å²) in [4.78, 5) is 15.5. The van der Waals surface area contributed by atoms with Crippen LogP contribution in [-0.4, -0.2) is 0 Å². The van der Waals surface area contributed by atoms with Gasteiger partial charge in [-0.1, -0.05) is 0 Å². The Morgan fingerprint density at radius 2 is 2.25 bits per heavy atom. The van der Waals surface area contributed by atoms with Gasteiger partial charge < -0.3 is 5.26 Å². The van der Waals surface area contributed by atoms with E-state index in [4.69, 9.17) is 10.2 Å². The molecule has 0 heterocycles. The van der Waals surface area contributed by atoms with Crippen LogP contribution in [0.25, 0.3) is 0 Å². The summed E-state index contributed by atoms with van der Waals surface area (Å²) in [7, 11) is 0. The van der Waals surface area contributed by atoms with Gasteiger partial charge in [0, 0.05) is 5.64 Å². The van der Waals surface area contributed by atoms with Crippen molar-refractivity contribution < 1.29 is 49.8 Å². The third kappa shape index (κ3) is 9.53. The van der Waals surface area contributed by atoms with Crippen LogP contribution in [-0.2, 0) is 15.0 Å². The van der Waals surface area contributed by atoms with Gasteiger partial charge in [-0.05, 0) is 0 Å². The van der Waals surface area contributed by atoms with Gasteiger partial charge in [-0.3, -0.25) is 5.04 Å². The van der Waals surface area contributed by atoms with Crippen LogP contribution in [0.4, 0.5) is 0 Å². The smallest absolute Gasteiger partial charge is 0.690 e. The quantitative estimate of drug-likeness (QED) is 0.136. The summed E-state index contributed by atoms with van der Waals surface area (Å²) in [5, 5.41) is 13.2. The third-order valence-electron chi connectivity index (χ3n) is 0.143. The summed E-state index contributed by atoms with van der Waals surface area (Å²) in [5.74, 6) is 0. The molecule has 0 bridgehead atoms. The van der Waals surface area contributed by atoms with Gasteiger partial charge in [0.2, 0.25) is 0 Å². The Kier molecular flexibility index (Phi) is 14.2. The Bertz CT molecular complexity index is 47.7. The van der Waals surface area contributed by atoms with E-state index in [1.165, 1.54) is 5.64 Å². The maximum Gasteiger partial charge on any atom is 1.00 e. The maximum absolute atomic E-state index is 8.91. The molecule has 42 valence electrons. The number of hydrogen-bond donors (Lipinski definition) is 1. The van der Waals surface area contributed by atoms with Crippen molar-refractivity contribution in [2.45, 2.75) is 0 Å². The van der Waals surface area contributed by atoms with E-state index in [2.05, 4.69) is 15.0 Å². The van der Waals surface area contributed by atoms with Crippen molar-refractivity contribution in [1.82, 2.24) is 5.64 Å². The fraction of sp³-hybridized carbons (Fsp3) is 0. The molecule has 0 atom stereocenters. The SMILES string of the molecule is O=NONOO[O-].[Na+]. The third-order valence-corrected chi connectivity index (χ3v) is 0.143. The summed E-state index contributed by atoms with van der Waals surface area (Å²) in [6.45, 7) is 0. The van der Waals surface area contributed by atoms with Crippen molar-refractivity contribution in [3.8, 4) is 0 Å². The van der Waals surface area contributed by atoms with E-state index < -0.39 is 0 Å². The first kappa shape index (κ1) is 11.1. The van der Waals surface area contributed by atoms with E-state index in [1.807, 2.05) is 0 Å². The normalized spacial score (nSPS) is 7.12. The second kappa shape index (κ2) is 10.3. The van der Waals surface area contributed by atoms with Crippen molar-refractivity contribution in [1.29, 1.82) is 0 Å². The fourth-order valence-electron chi connectivity index (χ4n) is 0.0443. The van der Waals surface area contributed by atoms with E-state index in [1.54, 1.807) is 5.34 Å². The van der Waals surface area contributed by atoms with Gasteiger partial charge in [0.05, 0.1) is 0 Å². The molecule has 0 aromatic carbocycles. The molecule has 0 saturated carbocycles. The Morgan fingerprint density at radius 3 is 2.62 bits per heavy atom. The Labute approximate surface area is 65.9 Å². The van der Waals surface area contributed by atoms with E-state index in [0.717, 1.165) is 0 Å². The predicted octanol–water partition coefficient (Wildman–Crippen LogP) is -4.67. The van der Waals surface area contributed by atoms with Gasteiger partial charge in [0.15, 0.2) is 5.34 Å². The zero-order valence-electron chi connectivity index (χ0n) is 3.99. The maximum atomic E-state index is 8.91. The van der Waals surface area contributed by atoms with Gasteiger partial charge in [-0.15, -0.1) is 9.90 Å². The van der Waals surface area contributed by atoms with Crippen LogP contribution in [0.1, 0.15) is 0 Å². The summed E-state index contributed by atoms with van der Waals surface area (Å²) >= 11 is 0. The Balaban J connectivity index is 0. The molecule has 0 spiro atoms. The number of rotatable bonds is 4. The zero-order chi connectivity index (χ0) is 5.54. The number of nitrogens with zero attached hydrogens (tertiary/aromatic N) is 1. The first-order chi connectivity index (χ1) is 3.41. The van der Waals surface area contributed by atoms with Crippen LogP contribution in [0.5, 0.6) is 0 Å². The fourth-order valence-corrected chi connectivity index (χ4v) is 0.0443. The molecule has 0 aromatic heterocycles. The van der Waals surface area contributed by atoms with Crippen LogP contribution in [0.3, 0.4) is 0 Å². The topological polar surface area (TPSA) is 92.2 Å². The summed E-state index contributed by atoms with van der Waals surface area (Å²) in [5.41, 5.74) is 1.27. The Morgan fingerprint density at radius 1 is 1.62 bits per heavy atom. The molecule has 1 N–H and O–H groups in total. The molecule has 0 aromatic rings. The largest absolute Gasteiger partial charge is 1.00 e. The molecule has 0 amide bonds. The van der Waals surface area contributed by atoms with Crippen molar-refractivity contribution >= 4 is 0 Å². The molecule has 0 rings (SSSR count). The van der Waals surface area contributed by atoms with Crippen LogP contribution in [0.2, 0.25) is 0 Å².